The van der Waals surface area contributed by atoms with Crippen LogP contribution in [-0.2, 0) is 6.42 Å². The third-order valence-corrected chi connectivity index (χ3v) is 3.99. The van der Waals surface area contributed by atoms with Crippen molar-refractivity contribution in [1.29, 1.82) is 0 Å². The van der Waals surface area contributed by atoms with Gasteiger partial charge in [-0.2, -0.15) is 0 Å². The number of hydrogen-bond donors (Lipinski definition) is 2. The van der Waals surface area contributed by atoms with E-state index in [1.54, 1.807) is 19.1 Å². The lowest BCUT2D eigenvalue weighted by Crippen LogP contribution is -2.11. The van der Waals surface area contributed by atoms with Gasteiger partial charge in [0.25, 0.3) is 5.56 Å². The summed E-state index contributed by atoms with van der Waals surface area (Å²) in [5.74, 6) is -0.363. The van der Waals surface area contributed by atoms with Gasteiger partial charge in [0.1, 0.15) is 5.82 Å². The molecule has 0 spiro atoms. The van der Waals surface area contributed by atoms with Gasteiger partial charge in [0, 0.05) is 17.8 Å². The summed E-state index contributed by atoms with van der Waals surface area (Å²) in [7, 11) is 0. The minimum atomic E-state index is -0.363. The second kappa shape index (κ2) is 6.87. The van der Waals surface area contributed by atoms with Crippen LogP contribution in [0.4, 0.5) is 4.39 Å². The van der Waals surface area contributed by atoms with Crippen LogP contribution in [0, 0.1) is 5.82 Å². The first-order chi connectivity index (χ1) is 10.0. The molecule has 0 saturated heterocycles. The van der Waals surface area contributed by atoms with Gasteiger partial charge >= 0.3 is 0 Å². The lowest BCUT2D eigenvalue weighted by Gasteiger charge is -2.12. The number of benzene rings is 1. The molecule has 4 nitrogen and oxygen atoms in total. The highest BCUT2D eigenvalue weighted by Crippen LogP contribution is 2.32. The normalized spacial score (nSPS) is 12.4. The van der Waals surface area contributed by atoms with Crippen LogP contribution in [0.3, 0.4) is 0 Å². The third-order valence-electron chi connectivity index (χ3n) is 2.97. The molecular formula is C15H18FN3OS. The van der Waals surface area contributed by atoms with Gasteiger partial charge in [-0.05, 0) is 36.7 Å². The number of nitrogens with zero attached hydrogens (tertiary/aromatic N) is 1. The summed E-state index contributed by atoms with van der Waals surface area (Å²) in [6.07, 6.45) is 1.61. The van der Waals surface area contributed by atoms with Gasteiger partial charge in [-0.3, -0.25) is 4.79 Å². The summed E-state index contributed by atoms with van der Waals surface area (Å²) in [5, 5.41) is 0.387. The van der Waals surface area contributed by atoms with Crippen molar-refractivity contribution in [3.05, 3.63) is 51.7 Å². The summed E-state index contributed by atoms with van der Waals surface area (Å²) >= 11 is 1.10. The number of nitrogens with one attached hydrogen (secondary N) is 1. The molecule has 3 N–H and O–H groups in total. The molecule has 2 rings (SSSR count). The van der Waals surface area contributed by atoms with Gasteiger partial charge in [0.15, 0.2) is 5.16 Å². The zero-order valence-corrected chi connectivity index (χ0v) is 12.8. The molecule has 0 aliphatic carbocycles. The number of H-pyrrole nitrogens is 1. The van der Waals surface area contributed by atoms with E-state index in [1.807, 2.05) is 6.92 Å². The van der Waals surface area contributed by atoms with Gasteiger partial charge in [0.05, 0.1) is 4.90 Å². The average Bonchev–Trinajstić information content (AvgIpc) is 2.40. The highest BCUT2D eigenvalue weighted by Gasteiger charge is 2.14. The zero-order valence-electron chi connectivity index (χ0n) is 12.0. The summed E-state index contributed by atoms with van der Waals surface area (Å²) < 4.78 is 14.0. The molecule has 112 valence electrons. The zero-order chi connectivity index (χ0) is 15.4. The van der Waals surface area contributed by atoms with Crippen molar-refractivity contribution in [2.45, 2.75) is 42.8 Å². The fourth-order valence-corrected chi connectivity index (χ4v) is 3.05. The molecule has 0 aliphatic rings. The number of aromatic nitrogens is 2. The first kappa shape index (κ1) is 15.7. The van der Waals surface area contributed by atoms with Crippen molar-refractivity contribution in [3.63, 3.8) is 0 Å². The van der Waals surface area contributed by atoms with Crippen LogP contribution in [0.25, 0.3) is 0 Å². The second-order valence-electron chi connectivity index (χ2n) is 4.84. The summed E-state index contributed by atoms with van der Waals surface area (Å²) in [6.45, 7) is 3.81. The largest absolute Gasteiger partial charge is 0.324 e. The fraction of sp³-hybridized carbons (Fsp3) is 0.333. The van der Waals surface area contributed by atoms with Crippen LogP contribution in [0.15, 0.2) is 39.1 Å². The van der Waals surface area contributed by atoms with E-state index in [0.29, 0.717) is 21.3 Å². The average molecular weight is 307 g/mol. The third kappa shape index (κ3) is 3.92. The Morgan fingerprint density at radius 3 is 2.90 bits per heavy atom. The van der Waals surface area contributed by atoms with Gasteiger partial charge < -0.3 is 10.7 Å². The van der Waals surface area contributed by atoms with Gasteiger partial charge in [-0.1, -0.05) is 25.5 Å². The van der Waals surface area contributed by atoms with E-state index in [-0.39, 0.29) is 17.4 Å². The van der Waals surface area contributed by atoms with Crippen molar-refractivity contribution in [2.75, 3.05) is 0 Å². The summed E-state index contributed by atoms with van der Waals surface area (Å²) in [5.41, 5.74) is 7.05. The molecule has 1 aromatic heterocycles. The van der Waals surface area contributed by atoms with Crippen LogP contribution in [-0.4, -0.2) is 9.97 Å². The van der Waals surface area contributed by atoms with E-state index in [9.17, 15) is 9.18 Å². The van der Waals surface area contributed by atoms with E-state index < -0.39 is 0 Å². The van der Waals surface area contributed by atoms with E-state index in [0.717, 1.165) is 24.6 Å². The first-order valence-electron chi connectivity index (χ1n) is 6.83. The molecule has 0 aliphatic heterocycles. The van der Waals surface area contributed by atoms with Crippen LogP contribution in [0.5, 0.6) is 0 Å². The van der Waals surface area contributed by atoms with Crippen molar-refractivity contribution >= 4 is 11.8 Å². The van der Waals surface area contributed by atoms with E-state index in [1.165, 1.54) is 12.1 Å². The second-order valence-corrected chi connectivity index (χ2v) is 5.84. The molecule has 1 heterocycles. The molecule has 1 atom stereocenters. The Bertz CT molecular complexity index is 685. The standard InChI is InChI=1S/C15H18FN3OS/c1-3-5-10-8-13(20)19-15(18-10)21-14-11(9(2)17)6-4-7-12(14)16/h4,6-9H,3,5,17H2,1-2H3,(H,18,19,20)/t9-/m1/s1. The van der Waals surface area contributed by atoms with Gasteiger partial charge in [0.2, 0.25) is 0 Å². The van der Waals surface area contributed by atoms with Crippen molar-refractivity contribution in [2.24, 2.45) is 5.73 Å². The molecule has 0 saturated carbocycles. The highest BCUT2D eigenvalue weighted by molar-refractivity contribution is 7.99. The molecule has 0 fully saturated rings. The SMILES string of the molecule is CCCc1cc(=O)[nH]c(Sc2c(F)cccc2[C@@H](C)N)n1. The molecule has 0 bridgehead atoms. The Hall–Kier alpha value is -1.66. The molecule has 6 heteroatoms. The summed E-state index contributed by atoms with van der Waals surface area (Å²) in [6, 6.07) is 5.96. The Morgan fingerprint density at radius 1 is 1.48 bits per heavy atom. The first-order valence-corrected chi connectivity index (χ1v) is 7.65. The van der Waals surface area contributed by atoms with Crippen LogP contribution in [0.2, 0.25) is 0 Å². The number of halogens is 1. The number of rotatable bonds is 5. The van der Waals surface area contributed by atoms with Crippen molar-refractivity contribution < 1.29 is 4.39 Å². The quantitative estimate of drug-likeness (QED) is 0.833. The molecule has 0 unspecified atom stereocenters. The van der Waals surface area contributed by atoms with Crippen LogP contribution < -0.4 is 11.3 Å². The number of hydrogen-bond acceptors (Lipinski definition) is 4. The van der Waals surface area contributed by atoms with Crippen LogP contribution >= 0.6 is 11.8 Å². The monoisotopic (exact) mass is 307 g/mol. The lowest BCUT2D eigenvalue weighted by molar-refractivity contribution is 0.591. The van der Waals surface area contributed by atoms with Gasteiger partial charge in [-0.25, -0.2) is 9.37 Å². The lowest BCUT2D eigenvalue weighted by atomic mass is 10.1. The Morgan fingerprint density at radius 2 is 2.24 bits per heavy atom. The number of nitrogens with two attached hydrogens (primary N) is 1. The van der Waals surface area contributed by atoms with Crippen LogP contribution in [0.1, 0.15) is 37.6 Å². The van der Waals surface area contributed by atoms with E-state index >= 15 is 0 Å². The number of aromatic amines is 1. The predicted molar refractivity (Wildman–Crippen MR) is 82.0 cm³/mol. The minimum Gasteiger partial charge on any atom is -0.324 e. The van der Waals surface area contributed by atoms with Gasteiger partial charge in [-0.15, -0.1) is 0 Å². The molecule has 1 aromatic carbocycles. The topological polar surface area (TPSA) is 71.8 Å². The summed E-state index contributed by atoms with van der Waals surface area (Å²) in [4.78, 5) is 19.1. The highest BCUT2D eigenvalue weighted by atomic mass is 32.2. The smallest absolute Gasteiger partial charge is 0.251 e. The van der Waals surface area contributed by atoms with E-state index in [4.69, 9.17) is 5.73 Å². The molecule has 0 radical (unpaired) electrons. The van der Waals surface area contributed by atoms with Crippen molar-refractivity contribution in [1.82, 2.24) is 9.97 Å². The molecule has 2 aromatic rings. The van der Waals surface area contributed by atoms with Crippen molar-refractivity contribution in [3.8, 4) is 0 Å². The Balaban J connectivity index is 2.40. The molecular weight excluding hydrogens is 289 g/mol. The maximum Gasteiger partial charge on any atom is 0.251 e. The Labute approximate surface area is 127 Å². The maximum atomic E-state index is 14.0. The maximum absolute atomic E-state index is 14.0. The molecule has 21 heavy (non-hydrogen) atoms. The number of aryl methyl sites for hydroxylation is 1. The fourth-order valence-electron chi connectivity index (χ4n) is 2.00. The predicted octanol–water partition coefficient (Wildman–Crippen LogP) is 3.03. The molecule has 0 amide bonds. The Kier molecular flexibility index (Phi) is 5.14. The van der Waals surface area contributed by atoms with E-state index in [2.05, 4.69) is 9.97 Å². The minimum absolute atomic E-state index is 0.227.